The van der Waals surface area contributed by atoms with E-state index in [4.69, 9.17) is 0 Å². The lowest BCUT2D eigenvalue weighted by Crippen LogP contribution is -2.11. The van der Waals surface area contributed by atoms with Crippen LogP contribution in [0, 0.1) is 0 Å². The Morgan fingerprint density at radius 3 is 2.62 bits per heavy atom. The molecule has 0 saturated heterocycles. The molecular formula is C18H20N2O. The summed E-state index contributed by atoms with van der Waals surface area (Å²) < 4.78 is 2.25. The number of phenolic OH excluding ortho intramolecular Hbond substituents is 1. The Morgan fingerprint density at radius 2 is 1.86 bits per heavy atom. The summed E-state index contributed by atoms with van der Waals surface area (Å²) in [4.78, 5) is 0. The SMILES string of the molecule is CCNCc1cccc2c1ccn2Cc1ccc(O)cc1. The molecule has 3 rings (SSSR count). The van der Waals surface area contributed by atoms with Crippen LogP contribution in [0.2, 0.25) is 0 Å². The number of aromatic nitrogens is 1. The zero-order valence-electron chi connectivity index (χ0n) is 12.2. The van der Waals surface area contributed by atoms with E-state index in [0.29, 0.717) is 5.75 Å². The molecule has 3 aromatic rings. The van der Waals surface area contributed by atoms with Gasteiger partial charge in [0.25, 0.3) is 0 Å². The second kappa shape index (κ2) is 6.02. The standard InChI is InChI=1S/C18H20N2O/c1-2-19-12-15-4-3-5-18-17(15)10-11-20(18)13-14-6-8-16(21)9-7-14/h3-11,19,21H,2,12-13H2,1H3. The van der Waals surface area contributed by atoms with Gasteiger partial charge in [-0.05, 0) is 41.9 Å². The molecule has 1 heterocycles. The fourth-order valence-electron chi connectivity index (χ4n) is 2.64. The highest BCUT2D eigenvalue weighted by molar-refractivity contribution is 5.83. The fourth-order valence-corrected chi connectivity index (χ4v) is 2.64. The number of phenols is 1. The van der Waals surface area contributed by atoms with Crippen LogP contribution in [0.25, 0.3) is 10.9 Å². The smallest absolute Gasteiger partial charge is 0.115 e. The van der Waals surface area contributed by atoms with E-state index in [1.54, 1.807) is 12.1 Å². The number of fused-ring (bicyclic) bond motifs is 1. The molecule has 3 heteroatoms. The summed E-state index contributed by atoms with van der Waals surface area (Å²) in [6, 6.07) is 16.0. The first-order chi connectivity index (χ1) is 10.3. The summed E-state index contributed by atoms with van der Waals surface area (Å²) >= 11 is 0. The van der Waals surface area contributed by atoms with Gasteiger partial charge in [-0.15, -0.1) is 0 Å². The number of benzene rings is 2. The highest BCUT2D eigenvalue weighted by Crippen LogP contribution is 2.22. The van der Waals surface area contributed by atoms with Crippen LogP contribution in [0.15, 0.2) is 54.7 Å². The van der Waals surface area contributed by atoms with Gasteiger partial charge in [0.1, 0.15) is 5.75 Å². The van der Waals surface area contributed by atoms with Gasteiger partial charge >= 0.3 is 0 Å². The van der Waals surface area contributed by atoms with Gasteiger partial charge in [0.15, 0.2) is 0 Å². The maximum absolute atomic E-state index is 9.36. The Labute approximate surface area is 124 Å². The van der Waals surface area contributed by atoms with Crippen molar-refractivity contribution in [1.29, 1.82) is 0 Å². The molecule has 3 nitrogen and oxygen atoms in total. The van der Waals surface area contributed by atoms with Crippen LogP contribution in [0.5, 0.6) is 5.75 Å². The van der Waals surface area contributed by atoms with Gasteiger partial charge < -0.3 is 15.0 Å². The number of aromatic hydroxyl groups is 1. The van der Waals surface area contributed by atoms with E-state index in [-0.39, 0.29) is 0 Å². The zero-order chi connectivity index (χ0) is 14.7. The van der Waals surface area contributed by atoms with Crippen LogP contribution < -0.4 is 5.32 Å². The molecule has 2 N–H and O–H groups in total. The Morgan fingerprint density at radius 1 is 1.05 bits per heavy atom. The predicted molar refractivity (Wildman–Crippen MR) is 86.5 cm³/mol. The first kappa shape index (κ1) is 13.7. The van der Waals surface area contributed by atoms with E-state index in [1.165, 1.54) is 22.0 Å². The summed E-state index contributed by atoms with van der Waals surface area (Å²) in [6.45, 7) is 4.81. The van der Waals surface area contributed by atoms with E-state index < -0.39 is 0 Å². The Kier molecular flexibility index (Phi) is 3.93. The maximum Gasteiger partial charge on any atom is 0.115 e. The Hall–Kier alpha value is -2.26. The highest BCUT2D eigenvalue weighted by Gasteiger charge is 2.05. The van der Waals surface area contributed by atoms with Gasteiger partial charge in [-0.3, -0.25) is 0 Å². The van der Waals surface area contributed by atoms with Crippen molar-refractivity contribution < 1.29 is 5.11 Å². The summed E-state index contributed by atoms with van der Waals surface area (Å²) in [5.41, 5.74) is 3.76. The minimum atomic E-state index is 0.309. The lowest BCUT2D eigenvalue weighted by Gasteiger charge is -2.08. The molecule has 0 bridgehead atoms. The lowest BCUT2D eigenvalue weighted by atomic mass is 10.1. The number of rotatable bonds is 5. The normalized spacial score (nSPS) is 11.1. The van der Waals surface area contributed by atoms with Gasteiger partial charge in [0.05, 0.1) is 0 Å². The number of hydrogen-bond acceptors (Lipinski definition) is 2. The molecule has 0 saturated carbocycles. The number of hydrogen-bond donors (Lipinski definition) is 2. The van der Waals surface area contributed by atoms with Crippen LogP contribution in [0.4, 0.5) is 0 Å². The minimum absolute atomic E-state index is 0.309. The summed E-state index contributed by atoms with van der Waals surface area (Å²) in [5, 5.41) is 14.0. The van der Waals surface area contributed by atoms with E-state index in [0.717, 1.165) is 19.6 Å². The molecule has 0 amide bonds. The van der Waals surface area contributed by atoms with E-state index >= 15 is 0 Å². The quantitative estimate of drug-likeness (QED) is 0.750. The second-order valence-electron chi connectivity index (χ2n) is 5.24. The van der Waals surface area contributed by atoms with E-state index in [1.807, 2.05) is 12.1 Å². The van der Waals surface area contributed by atoms with Crippen molar-refractivity contribution in [2.45, 2.75) is 20.0 Å². The second-order valence-corrected chi connectivity index (χ2v) is 5.24. The van der Waals surface area contributed by atoms with Crippen LogP contribution in [-0.2, 0) is 13.1 Å². The third-order valence-electron chi connectivity index (χ3n) is 3.76. The largest absolute Gasteiger partial charge is 0.508 e. The van der Waals surface area contributed by atoms with Crippen LogP contribution in [-0.4, -0.2) is 16.2 Å². The Bertz CT molecular complexity index is 729. The molecule has 0 aliphatic carbocycles. The van der Waals surface area contributed by atoms with Gasteiger partial charge in [0.2, 0.25) is 0 Å². The summed E-state index contributed by atoms with van der Waals surface area (Å²) in [7, 11) is 0. The monoisotopic (exact) mass is 280 g/mol. The van der Waals surface area contributed by atoms with Gasteiger partial charge in [0, 0.05) is 30.2 Å². The molecule has 0 spiro atoms. The van der Waals surface area contributed by atoms with Crippen molar-refractivity contribution >= 4 is 10.9 Å². The van der Waals surface area contributed by atoms with Gasteiger partial charge in [-0.1, -0.05) is 31.2 Å². The molecule has 0 aliphatic heterocycles. The summed E-state index contributed by atoms with van der Waals surface area (Å²) in [5.74, 6) is 0.309. The molecule has 0 fully saturated rings. The number of nitrogens with zero attached hydrogens (tertiary/aromatic N) is 1. The van der Waals surface area contributed by atoms with Crippen molar-refractivity contribution in [3.05, 3.63) is 65.9 Å². The summed E-state index contributed by atoms with van der Waals surface area (Å²) in [6.07, 6.45) is 2.13. The third kappa shape index (κ3) is 2.93. The molecule has 1 aromatic heterocycles. The maximum atomic E-state index is 9.36. The minimum Gasteiger partial charge on any atom is -0.508 e. The fraction of sp³-hybridized carbons (Fsp3) is 0.222. The van der Waals surface area contributed by atoms with Crippen LogP contribution >= 0.6 is 0 Å². The molecule has 21 heavy (non-hydrogen) atoms. The average molecular weight is 280 g/mol. The van der Waals surface area contributed by atoms with Crippen molar-refractivity contribution in [3.8, 4) is 5.75 Å². The molecular weight excluding hydrogens is 260 g/mol. The van der Waals surface area contributed by atoms with Gasteiger partial charge in [-0.2, -0.15) is 0 Å². The molecule has 2 aromatic carbocycles. The molecule has 0 radical (unpaired) electrons. The third-order valence-corrected chi connectivity index (χ3v) is 3.76. The van der Waals surface area contributed by atoms with E-state index in [9.17, 15) is 5.11 Å². The first-order valence-corrected chi connectivity index (χ1v) is 7.33. The lowest BCUT2D eigenvalue weighted by molar-refractivity contribution is 0.475. The Balaban J connectivity index is 1.91. The molecule has 0 atom stereocenters. The average Bonchev–Trinajstić information content (AvgIpc) is 2.91. The van der Waals surface area contributed by atoms with E-state index in [2.05, 4.69) is 47.3 Å². The van der Waals surface area contributed by atoms with Gasteiger partial charge in [-0.25, -0.2) is 0 Å². The molecule has 108 valence electrons. The van der Waals surface area contributed by atoms with Crippen LogP contribution in [0.1, 0.15) is 18.1 Å². The van der Waals surface area contributed by atoms with Crippen LogP contribution in [0.3, 0.4) is 0 Å². The van der Waals surface area contributed by atoms with Crippen molar-refractivity contribution in [1.82, 2.24) is 9.88 Å². The predicted octanol–water partition coefficient (Wildman–Crippen LogP) is 3.50. The van der Waals surface area contributed by atoms with Crippen molar-refractivity contribution in [2.75, 3.05) is 6.54 Å². The molecule has 0 unspecified atom stereocenters. The zero-order valence-corrected chi connectivity index (χ0v) is 12.2. The van der Waals surface area contributed by atoms with Crippen molar-refractivity contribution in [3.63, 3.8) is 0 Å². The topological polar surface area (TPSA) is 37.2 Å². The highest BCUT2D eigenvalue weighted by atomic mass is 16.3. The van der Waals surface area contributed by atoms with Crippen molar-refractivity contribution in [2.24, 2.45) is 0 Å². The molecule has 0 aliphatic rings. The number of nitrogens with one attached hydrogen (secondary N) is 1. The first-order valence-electron chi connectivity index (χ1n) is 7.33.